The first-order valence-electron chi connectivity index (χ1n) is 21.3. The molecule has 3 aliphatic rings. The first kappa shape index (κ1) is 35.5. The minimum atomic E-state index is -0.592. The van der Waals surface area contributed by atoms with Gasteiger partial charge in [0.25, 0.3) is 0 Å². The van der Waals surface area contributed by atoms with Gasteiger partial charge in [-0.15, -0.1) is 22.7 Å². The van der Waals surface area contributed by atoms with Gasteiger partial charge < -0.3 is 9.80 Å². The van der Waals surface area contributed by atoms with Crippen molar-refractivity contribution in [1.29, 1.82) is 0 Å². The van der Waals surface area contributed by atoms with E-state index in [1.54, 1.807) is 0 Å². The van der Waals surface area contributed by atoms with Gasteiger partial charge in [-0.2, -0.15) is 0 Å². The van der Waals surface area contributed by atoms with Gasteiger partial charge in [0.1, 0.15) is 10.0 Å². The molecule has 2 heterocycles. The molecule has 0 N–H and O–H groups in total. The van der Waals surface area contributed by atoms with Crippen molar-refractivity contribution >= 4 is 55.4 Å². The number of anilines is 6. The molecule has 62 heavy (non-hydrogen) atoms. The molecule has 0 aliphatic heterocycles. The summed E-state index contributed by atoms with van der Waals surface area (Å²) >= 11 is 3.91. The fourth-order valence-electron chi connectivity index (χ4n) is 11.0. The summed E-state index contributed by atoms with van der Waals surface area (Å²) in [5, 5.41) is 2.39. The van der Waals surface area contributed by atoms with Crippen molar-refractivity contribution in [3.63, 3.8) is 0 Å². The van der Waals surface area contributed by atoms with Gasteiger partial charge in [0, 0.05) is 32.5 Å². The third-order valence-corrected chi connectivity index (χ3v) is 15.8. The largest absolute Gasteiger partial charge is 0.302 e. The highest BCUT2D eigenvalue weighted by molar-refractivity contribution is 7.18. The highest BCUT2D eigenvalue weighted by atomic mass is 32.1. The van der Waals surface area contributed by atoms with E-state index in [0.717, 1.165) is 22.7 Å². The molecule has 2 nitrogen and oxygen atoms in total. The minimum Gasteiger partial charge on any atom is -0.302 e. The second kappa shape index (κ2) is 13.6. The van der Waals surface area contributed by atoms with Crippen LogP contribution in [0.5, 0.6) is 0 Å². The van der Waals surface area contributed by atoms with Gasteiger partial charge >= 0.3 is 0 Å². The summed E-state index contributed by atoms with van der Waals surface area (Å²) in [6, 6.07) is 85.5. The Morgan fingerprint density at radius 1 is 0.258 bits per heavy atom. The molecule has 2 aromatic heterocycles. The lowest BCUT2D eigenvalue weighted by Gasteiger charge is -2.45. The van der Waals surface area contributed by atoms with Crippen LogP contribution < -0.4 is 9.80 Å². The van der Waals surface area contributed by atoms with E-state index in [1.165, 1.54) is 75.4 Å². The predicted octanol–water partition coefficient (Wildman–Crippen LogP) is 15.8. The van der Waals surface area contributed by atoms with Crippen molar-refractivity contribution in [3.05, 3.63) is 274 Å². The van der Waals surface area contributed by atoms with Gasteiger partial charge in [-0.1, -0.05) is 170 Å². The van der Waals surface area contributed by atoms with Crippen molar-refractivity contribution in [3.8, 4) is 22.3 Å². The average molecular weight is 827 g/mol. The highest BCUT2D eigenvalue weighted by Crippen LogP contribution is 2.71. The Hall–Kier alpha value is -7.24. The molecule has 3 aliphatic carbocycles. The van der Waals surface area contributed by atoms with E-state index >= 15 is 0 Å². The molecule has 0 amide bonds. The van der Waals surface area contributed by atoms with Gasteiger partial charge in [-0.05, 0) is 116 Å². The van der Waals surface area contributed by atoms with Crippen molar-refractivity contribution in [2.24, 2.45) is 0 Å². The molecule has 292 valence electrons. The average Bonchev–Trinajstić information content (AvgIpc) is 4.11. The number of hydrogen-bond donors (Lipinski definition) is 0. The normalized spacial score (nSPS) is 14.1. The number of fused-ring (bicyclic) bond motifs is 16. The lowest BCUT2D eigenvalue weighted by atomic mass is 9.58. The van der Waals surface area contributed by atoms with Crippen LogP contribution in [-0.4, -0.2) is 0 Å². The van der Waals surface area contributed by atoms with Crippen LogP contribution in [0.2, 0.25) is 0 Å². The summed E-state index contributed by atoms with van der Waals surface area (Å²) < 4.78 is 0. The summed E-state index contributed by atoms with van der Waals surface area (Å²) in [7, 11) is 0. The maximum absolute atomic E-state index is 2.57. The van der Waals surface area contributed by atoms with E-state index in [9.17, 15) is 0 Å². The molecule has 0 fully saturated rings. The third kappa shape index (κ3) is 4.74. The molecule has 0 unspecified atom stereocenters. The van der Waals surface area contributed by atoms with E-state index in [0.29, 0.717) is 0 Å². The number of hydrogen-bond acceptors (Lipinski definition) is 4. The Labute approximate surface area is 369 Å². The number of benzene rings is 8. The molecule has 4 heteroatoms. The zero-order valence-corrected chi connectivity index (χ0v) is 35.3. The second-order valence-electron chi connectivity index (χ2n) is 16.4. The monoisotopic (exact) mass is 826 g/mol. The number of thiophene rings is 2. The van der Waals surface area contributed by atoms with Crippen LogP contribution in [0.4, 0.5) is 32.8 Å². The molecule has 0 atom stereocenters. The predicted molar refractivity (Wildman–Crippen MR) is 260 cm³/mol. The van der Waals surface area contributed by atoms with Crippen molar-refractivity contribution in [1.82, 2.24) is 0 Å². The van der Waals surface area contributed by atoms with Crippen LogP contribution in [0.1, 0.15) is 43.1 Å². The molecule has 8 aromatic carbocycles. The molecular formula is C58H38N2S2. The van der Waals surface area contributed by atoms with Crippen molar-refractivity contribution in [2.75, 3.05) is 9.80 Å². The molecule has 0 saturated carbocycles. The van der Waals surface area contributed by atoms with Gasteiger partial charge in [-0.25, -0.2) is 0 Å². The topological polar surface area (TPSA) is 6.48 Å². The molecule has 13 rings (SSSR count). The van der Waals surface area contributed by atoms with E-state index in [2.05, 4.69) is 240 Å². The smallest absolute Gasteiger partial charge is 0.101 e. The number of para-hydroxylation sites is 4. The first-order valence-corrected chi connectivity index (χ1v) is 22.9. The van der Waals surface area contributed by atoms with E-state index < -0.39 is 10.8 Å². The quantitative estimate of drug-likeness (QED) is 0.165. The Morgan fingerprint density at radius 2 is 0.500 bits per heavy atom. The maximum Gasteiger partial charge on any atom is 0.101 e. The summed E-state index contributed by atoms with van der Waals surface area (Å²) in [4.78, 5) is 7.68. The molecular weight excluding hydrogens is 789 g/mol. The summed E-state index contributed by atoms with van der Waals surface area (Å²) in [5.41, 5.74) is 16.6. The summed E-state index contributed by atoms with van der Waals surface area (Å²) in [5.74, 6) is 0. The van der Waals surface area contributed by atoms with E-state index in [1.807, 2.05) is 22.7 Å². The van der Waals surface area contributed by atoms with Gasteiger partial charge in [0.05, 0.1) is 10.8 Å². The second-order valence-corrected chi connectivity index (χ2v) is 18.4. The van der Waals surface area contributed by atoms with Gasteiger partial charge in [-0.3, -0.25) is 0 Å². The van der Waals surface area contributed by atoms with Gasteiger partial charge in [0.2, 0.25) is 0 Å². The van der Waals surface area contributed by atoms with Crippen LogP contribution in [0.25, 0.3) is 22.3 Å². The van der Waals surface area contributed by atoms with Crippen LogP contribution in [0, 0.1) is 0 Å². The van der Waals surface area contributed by atoms with Crippen LogP contribution in [0.3, 0.4) is 0 Å². The Kier molecular flexibility index (Phi) is 7.81. The Morgan fingerprint density at radius 3 is 0.774 bits per heavy atom. The molecule has 0 bridgehead atoms. The molecule has 0 radical (unpaired) electrons. The van der Waals surface area contributed by atoms with Crippen LogP contribution in [0.15, 0.2) is 231 Å². The number of nitrogens with zero attached hydrogens (tertiary/aromatic N) is 2. The summed E-state index contributed by atoms with van der Waals surface area (Å²) in [6.07, 6.45) is 0. The van der Waals surface area contributed by atoms with Crippen molar-refractivity contribution in [2.45, 2.75) is 10.8 Å². The Bertz CT molecular complexity index is 2870. The van der Waals surface area contributed by atoms with Crippen LogP contribution in [-0.2, 0) is 10.8 Å². The highest BCUT2D eigenvalue weighted by Gasteiger charge is 2.61. The summed E-state index contributed by atoms with van der Waals surface area (Å²) in [6.45, 7) is 0. The molecule has 2 spiro atoms. The molecule has 10 aromatic rings. The van der Waals surface area contributed by atoms with Gasteiger partial charge in [0.15, 0.2) is 0 Å². The Balaban J connectivity index is 1.21. The molecule has 0 saturated heterocycles. The SMILES string of the molecule is c1ccc(N(c2ccccc2)c2cc3c(s2)C2(c4ccccc4-c4ccccc42)c2cc(N(c4ccccc4)c4ccccc4)sc2C32c3ccccc3-c3ccccc32)cc1. The third-order valence-electron chi connectivity index (χ3n) is 13.3. The first-order chi connectivity index (χ1) is 30.8. The van der Waals surface area contributed by atoms with Crippen molar-refractivity contribution < 1.29 is 0 Å². The zero-order chi connectivity index (χ0) is 40.8. The zero-order valence-electron chi connectivity index (χ0n) is 33.7. The fraction of sp³-hybridized carbons (Fsp3) is 0.0345. The van der Waals surface area contributed by atoms with E-state index in [4.69, 9.17) is 0 Å². The minimum absolute atomic E-state index is 0.592. The lowest BCUT2D eigenvalue weighted by Crippen LogP contribution is -2.41. The van der Waals surface area contributed by atoms with Crippen LogP contribution >= 0.6 is 22.7 Å². The lowest BCUT2D eigenvalue weighted by molar-refractivity contribution is 0.662. The maximum atomic E-state index is 2.57. The number of rotatable bonds is 6. The fourth-order valence-corrected chi connectivity index (χ4v) is 14.0. The standard InChI is InChI=1S/C58H38N2S2/c1-5-21-39(22-6-1)59(40-23-7-2-8-24-40)53-37-51-55(61-53)58(49-35-19-15-31-45(49)46-32-16-20-36-50(46)58)52-38-54(60(41-25-9-3-10-26-41)42-27-11-4-12-28-42)62-56(52)57(51)47-33-17-13-29-43(47)44-30-14-18-34-48(44)57/h1-38H. The van der Waals surface area contributed by atoms with E-state index in [-0.39, 0.29) is 0 Å².